The van der Waals surface area contributed by atoms with E-state index in [0.717, 1.165) is 46.6 Å². The monoisotopic (exact) mass is 1070 g/mol. The second kappa shape index (κ2) is 36.2. The predicted octanol–water partition coefficient (Wildman–Crippen LogP) is 2.94. The molecule has 4 amide bonds. The quantitative estimate of drug-likeness (QED) is 0.0404. The highest BCUT2D eigenvalue weighted by atomic mass is 31.1. The standard InChI is InChI=1S/C51H76N7O16P/c59-39-41-36-42(60)38-56(41)48(63)15-2-1-9-18-52-47(62)17-21-67-24-27-70-30-31-72-29-26-69-23-20-58-51-44-12-5-6-13-45(44)57(37-40-10-3-4-11-43(40)50(51)54-55-58)49(64)16-8-7-14-46(61)53-19-22-68-25-28-71-32-33-73-34-35-74-75(65)66/h3-6,10-13,41-42,59-60H,1-2,7-9,14-39H2,(H2-,52,53,61,62,65,66)/p+1/t41-,42+/m0/s1. The van der Waals surface area contributed by atoms with Crippen LogP contribution < -0.4 is 15.5 Å². The van der Waals surface area contributed by atoms with Crippen LogP contribution in [0.15, 0.2) is 48.5 Å². The number of aromatic nitrogens is 3. The first kappa shape index (κ1) is 61.0. The van der Waals surface area contributed by atoms with Crippen molar-refractivity contribution in [2.24, 2.45) is 0 Å². The van der Waals surface area contributed by atoms with E-state index in [1.807, 2.05) is 58.1 Å². The lowest BCUT2D eigenvalue weighted by atomic mass is 9.95. The number of benzene rings is 2. The molecule has 0 aliphatic carbocycles. The van der Waals surface area contributed by atoms with Crippen LogP contribution in [0.1, 0.15) is 69.8 Å². The number of carbonyl (C=O) groups is 4. The van der Waals surface area contributed by atoms with Gasteiger partial charge < -0.3 is 63.8 Å². The minimum Gasteiger partial charge on any atom is -0.394 e. The van der Waals surface area contributed by atoms with Gasteiger partial charge in [-0.1, -0.05) is 54.1 Å². The van der Waals surface area contributed by atoms with Crippen molar-refractivity contribution in [1.29, 1.82) is 0 Å². The highest BCUT2D eigenvalue weighted by Gasteiger charge is 2.33. The molecule has 416 valence electrons. The molecule has 2 aliphatic heterocycles. The van der Waals surface area contributed by atoms with Crippen LogP contribution in [-0.4, -0.2) is 196 Å². The van der Waals surface area contributed by atoms with Gasteiger partial charge in [-0.25, -0.2) is 4.68 Å². The van der Waals surface area contributed by atoms with Gasteiger partial charge in [0.1, 0.15) is 12.3 Å². The van der Waals surface area contributed by atoms with Gasteiger partial charge in [0.05, 0.1) is 136 Å². The van der Waals surface area contributed by atoms with E-state index in [1.165, 1.54) is 0 Å². The van der Waals surface area contributed by atoms with Crippen LogP contribution in [0.4, 0.5) is 5.69 Å². The Bertz CT molecular complexity index is 2170. The molecule has 0 bridgehead atoms. The zero-order valence-electron chi connectivity index (χ0n) is 43.0. The van der Waals surface area contributed by atoms with Crippen molar-refractivity contribution in [3.8, 4) is 22.5 Å². The Hall–Kier alpha value is -4.88. The third kappa shape index (κ3) is 22.7. The molecule has 0 saturated carbocycles. The lowest BCUT2D eigenvalue weighted by Gasteiger charge is -2.29. The average Bonchev–Trinajstić information content (AvgIpc) is 4.02. The summed E-state index contributed by atoms with van der Waals surface area (Å²) in [6.45, 7) is 6.57. The van der Waals surface area contributed by atoms with E-state index in [-0.39, 0.29) is 81.9 Å². The molecule has 1 unspecified atom stereocenters. The van der Waals surface area contributed by atoms with Crippen molar-refractivity contribution < 1.29 is 76.5 Å². The van der Waals surface area contributed by atoms with E-state index in [2.05, 4.69) is 25.5 Å². The fraction of sp³-hybridized carbons (Fsp3) is 0.647. The smallest absolute Gasteiger partial charge is 0.394 e. The van der Waals surface area contributed by atoms with Gasteiger partial charge in [0.15, 0.2) is 0 Å². The summed E-state index contributed by atoms with van der Waals surface area (Å²) in [4.78, 5) is 63.0. The minimum absolute atomic E-state index is 0.0306. The number of fused-ring (bicyclic) bond motifs is 5. The SMILES string of the molecule is O=C(CCCCC(=O)N1Cc2ccccc2-c2nnn(CCOCCOCCOCCOCCC(=O)NCCCCCC(=O)N3C[C@H](O)C[C@H]3CO)c2-c2ccccc21)NCCOCCOCCOCCO[P+](=O)O. The molecule has 2 aliphatic rings. The van der Waals surface area contributed by atoms with Crippen molar-refractivity contribution in [2.75, 3.05) is 130 Å². The van der Waals surface area contributed by atoms with E-state index in [9.17, 15) is 34.0 Å². The molecule has 2 aromatic carbocycles. The number of para-hydroxylation sites is 1. The maximum absolute atomic E-state index is 14.0. The van der Waals surface area contributed by atoms with Crippen molar-refractivity contribution in [3.63, 3.8) is 0 Å². The summed E-state index contributed by atoms with van der Waals surface area (Å²) in [6.07, 6.45) is 4.29. The molecular weight excluding hydrogens is 998 g/mol. The van der Waals surface area contributed by atoms with Gasteiger partial charge in [0.25, 0.3) is 0 Å². The Morgan fingerprint density at radius 1 is 0.627 bits per heavy atom. The van der Waals surface area contributed by atoms with Crippen LogP contribution in [0.25, 0.3) is 22.5 Å². The number of nitrogens with zero attached hydrogens (tertiary/aromatic N) is 5. The summed E-state index contributed by atoms with van der Waals surface area (Å²) in [6, 6.07) is 15.4. The minimum atomic E-state index is -2.62. The van der Waals surface area contributed by atoms with Crippen LogP contribution in [0.2, 0.25) is 0 Å². The van der Waals surface area contributed by atoms with Crippen molar-refractivity contribution in [2.45, 2.75) is 89.4 Å². The summed E-state index contributed by atoms with van der Waals surface area (Å²) in [5.41, 5.74) is 4.92. The molecule has 0 spiro atoms. The third-order valence-corrected chi connectivity index (χ3v) is 12.6. The number of amides is 4. The number of hydrogen-bond donors (Lipinski definition) is 5. The van der Waals surface area contributed by atoms with Gasteiger partial charge >= 0.3 is 8.25 Å². The van der Waals surface area contributed by atoms with E-state index in [1.54, 1.807) is 4.90 Å². The molecule has 3 aromatic rings. The van der Waals surface area contributed by atoms with E-state index < -0.39 is 14.4 Å². The van der Waals surface area contributed by atoms with Gasteiger partial charge in [-0.15, -0.1) is 14.5 Å². The number of aliphatic hydroxyl groups is 2. The Kier molecular flexibility index (Phi) is 29.4. The van der Waals surface area contributed by atoms with Crippen LogP contribution in [0.5, 0.6) is 0 Å². The molecule has 3 atom stereocenters. The number of likely N-dealkylation sites (tertiary alicyclic amines) is 1. The molecule has 75 heavy (non-hydrogen) atoms. The van der Waals surface area contributed by atoms with Gasteiger partial charge in [-0.3, -0.25) is 19.2 Å². The lowest BCUT2D eigenvalue weighted by molar-refractivity contribution is -0.133. The normalized spacial score (nSPS) is 15.2. The third-order valence-electron chi connectivity index (χ3n) is 12.2. The number of rotatable bonds is 40. The molecule has 1 aromatic heterocycles. The number of β-amino-alcohol motifs (C(OH)–C–C–N with tert-alkyl or cyclic N) is 1. The highest BCUT2D eigenvalue weighted by molar-refractivity contribution is 7.32. The topological polar surface area (TPSA) is 281 Å². The summed E-state index contributed by atoms with van der Waals surface area (Å²) in [5.74, 6) is -0.316. The highest BCUT2D eigenvalue weighted by Crippen LogP contribution is 2.41. The largest absolute Gasteiger partial charge is 0.694 e. The number of anilines is 1. The van der Waals surface area contributed by atoms with Crippen molar-refractivity contribution in [3.05, 3.63) is 54.1 Å². The molecule has 23 nitrogen and oxygen atoms in total. The molecular formula is C51H77N7O16P+. The molecule has 1 saturated heterocycles. The van der Waals surface area contributed by atoms with Gasteiger partial charge in [0, 0.05) is 61.0 Å². The van der Waals surface area contributed by atoms with Crippen LogP contribution in [0, 0.1) is 0 Å². The Morgan fingerprint density at radius 2 is 1.19 bits per heavy atom. The molecule has 24 heteroatoms. The first-order valence-corrected chi connectivity index (χ1v) is 27.2. The second-order valence-corrected chi connectivity index (χ2v) is 18.5. The van der Waals surface area contributed by atoms with E-state index in [4.69, 9.17) is 38.1 Å². The average molecular weight is 1080 g/mol. The zero-order chi connectivity index (χ0) is 53.3. The first-order valence-electron chi connectivity index (χ1n) is 26.0. The molecule has 5 N–H and O–H groups in total. The first-order chi connectivity index (χ1) is 36.7. The number of unbranched alkanes of at least 4 members (excludes halogenated alkanes) is 3. The number of carbonyl (C=O) groups excluding carboxylic acids is 4. The van der Waals surface area contributed by atoms with Gasteiger partial charge in [-0.05, 0) is 43.7 Å². The number of nitrogens with one attached hydrogen (secondary N) is 2. The number of hydrogen-bond acceptors (Lipinski definition) is 17. The lowest BCUT2D eigenvalue weighted by Crippen LogP contribution is -2.37. The molecule has 5 rings (SSSR count). The van der Waals surface area contributed by atoms with E-state index in [0.29, 0.717) is 138 Å². The number of aliphatic hydroxyl groups excluding tert-OH is 2. The predicted molar refractivity (Wildman–Crippen MR) is 274 cm³/mol. The van der Waals surface area contributed by atoms with E-state index >= 15 is 0 Å². The maximum Gasteiger partial charge on any atom is 0.694 e. The van der Waals surface area contributed by atoms with Gasteiger partial charge in [0.2, 0.25) is 23.6 Å². The Labute approximate surface area is 439 Å². The summed E-state index contributed by atoms with van der Waals surface area (Å²) >= 11 is 0. The molecule has 3 heterocycles. The summed E-state index contributed by atoms with van der Waals surface area (Å²) in [7, 11) is -2.62. The fourth-order valence-corrected chi connectivity index (χ4v) is 8.67. The van der Waals surface area contributed by atoms with Gasteiger partial charge in [-0.2, -0.15) is 0 Å². The van der Waals surface area contributed by atoms with Crippen LogP contribution >= 0.6 is 8.25 Å². The summed E-state index contributed by atoms with van der Waals surface area (Å²) in [5, 5.41) is 34.1. The second-order valence-electron chi connectivity index (χ2n) is 17.8. The Morgan fingerprint density at radius 3 is 1.88 bits per heavy atom. The van der Waals surface area contributed by atoms with Crippen LogP contribution in [0.3, 0.4) is 0 Å². The van der Waals surface area contributed by atoms with Crippen molar-refractivity contribution in [1.82, 2.24) is 30.5 Å². The van der Waals surface area contributed by atoms with Crippen molar-refractivity contribution >= 4 is 37.6 Å². The summed E-state index contributed by atoms with van der Waals surface area (Å²) < 4.78 is 55.6. The molecule has 0 radical (unpaired) electrons. The molecule has 1 fully saturated rings. The zero-order valence-corrected chi connectivity index (χ0v) is 43.9. The fourth-order valence-electron chi connectivity index (χ4n) is 8.44. The van der Waals surface area contributed by atoms with Crippen LogP contribution in [-0.2, 0) is 74.5 Å². The maximum atomic E-state index is 14.0. The number of ether oxygens (including phenoxy) is 7. The Balaban J connectivity index is 0.905.